The van der Waals surface area contributed by atoms with E-state index in [2.05, 4.69) is 4.99 Å². The predicted octanol–water partition coefficient (Wildman–Crippen LogP) is 2.58. The summed E-state index contributed by atoms with van der Waals surface area (Å²) in [6.45, 7) is 1.98. The molecule has 0 unspecified atom stereocenters. The number of esters is 1. The van der Waals surface area contributed by atoms with Crippen molar-refractivity contribution in [3.63, 3.8) is 0 Å². The van der Waals surface area contributed by atoms with Crippen molar-refractivity contribution in [1.82, 2.24) is 4.57 Å². The second-order valence-corrected chi connectivity index (χ2v) is 9.44. The maximum atomic E-state index is 12.6. The Kier molecular flexibility index (Phi) is 5.99. The zero-order chi connectivity index (χ0) is 21.2. The van der Waals surface area contributed by atoms with E-state index >= 15 is 0 Å². The number of fused-ring (bicyclic) bond motifs is 1. The quantitative estimate of drug-likeness (QED) is 0.578. The number of carbonyl (C=O) groups is 2. The summed E-state index contributed by atoms with van der Waals surface area (Å²) in [5, 5.41) is 0. The molecule has 0 saturated carbocycles. The number of benzene rings is 2. The average molecular weight is 433 g/mol. The molecule has 0 atom stereocenters. The lowest BCUT2D eigenvalue weighted by Gasteiger charge is -2.04. The highest BCUT2D eigenvalue weighted by atomic mass is 32.2. The van der Waals surface area contributed by atoms with E-state index < -0.39 is 21.7 Å². The van der Waals surface area contributed by atoms with Crippen LogP contribution in [0.4, 0.5) is 0 Å². The van der Waals surface area contributed by atoms with E-state index in [9.17, 15) is 18.0 Å². The van der Waals surface area contributed by atoms with Gasteiger partial charge in [-0.2, -0.15) is 4.99 Å². The molecule has 3 aromatic rings. The number of sulfone groups is 1. The summed E-state index contributed by atoms with van der Waals surface area (Å²) in [6, 6.07) is 11.5. The van der Waals surface area contributed by atoms with Gasteiger partial charge < -0.3 is 9.30 Å². The molecule has 2 aromatic carbocycles. The minimum Gasteiger partial charge on any atom is -0.468 e. The molecule has 1 aromatic heterocycles. The number of hydrogen-bond donors (Lipinski definition) is 0. The lowest BCUT2D eigenvalue weighted by Crippen LogP contribution is -2.22. The Hall–Kier alpha value is -2.78. The molecule has 0 aliphatic heterocycles. The molecule has 1 heterocycles. The van der Waals surface area contributed by atoms with Crippen LogP contribution >= 0.6 is 11.3 Å². The van der Waals surface area contributed by atoms with E-state index in [1.54, 1.807) is 4.57 Å². The second kappa shape index (κ2) is 8.30. The molecule has 152 valence electrons. The number of nitrogens with zero attached hydrogens (tertiary/aromatic N) is 2. The summed E-state index contributed by atoms with van der Waals surface area (Å²) in [4.78, 5) is 29.2. The third-order valence-corrected chi connectivity index (χ3v) is 6.57. The van der Waals surface area contributed by atoms with Crippen LogP contribution in [0.25, 0.3) is 10.2 Å². The fourth-order valence-electron chi connectivity index (χ4n) is 2.77. The average Bonchev–Trinajstić information content (AvgIpc) is 3.03. The van der Waals surface area contributed by atoms with Crippen LogP contribution in [0.3, 0.4) is 0 Å². The van der Waals surface area contributed by atoms with E-state index in [-0.39, 0.29) is 17.0 Å². The molecule has 0 fully saturated rings. The van der Waals surface area contributed by atoms with E-state index in [1.165, 1.54) is 42.7 Å². The predicted molar refractivity (Wildman–Crippen MR) is 111 cm³/mol. The van der Waals surface area contributed by atoms with Crippen LogP contribution in [0.1, 0.15) is 22.8 Å². The van der Waals surface area contributed by atoms with E-state index in [0.29, 0.717) is 4.80 Å². The van der Waals surface area contributed by atoms with Crippen molar-refractivity contribution in [3.8, 4) is 0 Å². The fraction of sp³-hybridized carbons (Fsp3) is 0.250. The monoisotopic (exact) mass is 432 g/mol. The molecule has 0 bridgehead atoms. The standard InChI is InChI=1S/C20H20N2O5S2/c1-4-13-5-10-16-17(11-13)28-20(22(16)12-18(23)27-2)21-19(24)14-6-8-15(9-7-14)29(3,25)26/h5-11H,4,12H2,1-3H3. The van der Waals surface area contributed by atoms with Crippen LogP contribution in [-0.4, -0.2) is 38.2 Å². The van der Waals surface area contributed by atoms with E-state index in [4.69, 9.17) is 4.74 Å². The Morgan fingerprint density at radius 2 is 1.83 bits per heavy atom. The van der Waals surface area contributed by atoms with Gasteiger partial charge in [0.25, 0.3) is 5.91 Å². The summed E-state index contributed by atoms with van der Waals surface area (Å²) in [7, 11) is -2.04. The number of hydrogen-bond acceptors (Lipinski definition) is 6. The lowest BCUT2D eigenvalue weighted by atomic mass is 10.2. The van der Waals surface area contributed by atoms with Crippen molar-refractivity contribution < 1.29 is 22.7 Å². The molecule has 7 nitrogen and oxygen atoms in total. The van der Waals surface area contributed by atoms with Crippen molar-refractivity contribution in [2.24, 2.45) is 4.99 Å². The largest absolute Gasteiger partial charge is 0.468 e. The number of methoxy groups -OCH3 is 1. The zero-order valence-electron chi connectivity index (χ0n) is 16.2. The first kappa shape index (κ1) is 20.9. The topological polar surface area (TPSA) is 94.8 Å². The molecular formula is C20H20N2O5S2. The van der Waals surface area contributed by atoms with Gasteiger partial charge in [0.05, 0.1) is 22.2 Å². The van der Waals surface area contributed by atoms with Gasteiger partial charge in [-0.05, 0) is 48.4 Å². The van der Waals surface area contributed by atoms with Crippen LogP contribution in [-0.2, 0) is 32.3 Å². The molecule has 0 aliphatic carbocycles. The summed E-state index contributed by atoms with van der Waals surface area (Å²) in [5.41, 5.74) is 2.18. The highest BCUT2D eigenvalue weighted by Gasteiger charge is 2.14. The highest BCUT2D eigenvalue weighted by Crippen LogP contribution is 2.20. The highest BCUT2D eigenvalue weighted by molar-refractivity contribution is 7.90. The molecule has 9 heteroatoms. The van der Waals surface area contributed by atoms with Gasteiger partial charge in [0.2, 0.25) is 0 Å². The maximum Gasteiger partial charge on any atom is 0.325 e. The van der Waals surface area contributed by atoms with Gasteiger partial charge in [0.1, 0.15) is 6.54 Å². The van der Waals surface area contributed by atoms with Gasteiger partial charge in [-0.3, -0.25) is 9.59 Å². The number of amides is 1. The maximum absolute atomic E-state index is 12.6. The van der Waals surface area contributed by atoms with Gasteiger partial charge in [0.15, 0.2) is 14.6 Å². The Morgan fingerprint density at radius 1 is 1.14 bits per heavy atom. The van der Waals surface area contributed by atoms with Crippen molar-refractivity contribution in [2.45, 2.75) is 24.8 Å². The van der Waals surface area contributed by atoms with Gasteiger partial charge in [-0.15, -0.1) is 0 Å². The van der Waals surface area contributed by atoms with Crippen molar-refractivity contribution in [2.75, 3.05) is 13.4 Å². The molecule has 1 amide bonds. The van der Waals surface area contributed by atoms with Gasteiger partial charge >= 0.3 is 5.97 Å². The Bertz CT molecular complexity index is 1250. The number of carbonyl (C=O) groups excluding carboxylic acids is 2. The Morgan fingerprint density at radius 3 is 2.41 bits per heavy atom. The van der Waals surface area contributed by atoms with E-state index in [0.717, 1.165) is 28.5 Å². The third-order valence-electron chi connectivity index (χ3n) is 4.40. The number of rotatable bonds is 5. The first-order chi connectivity index (χ1) is 13.7. The minimum atomic E-state index is -3.35. The first-order valence-corrected chi connectivity index (χ1v) is 11.5. The van der Waals surface area contributed by atoms with Crippen molar-refractivity contribution >= 4 is 43.3 Å². The molecule has 0 spiro atoms. The molecule has 3 rings (SSSR count). The summed E-state index contributed by atoms with van der Waals surface area (Å²) < 4.78 is 30.5. The zero-order valence-corrected chi connectivity index (χ0v) is 17.8. The molecule has 0 aliphatic rings. The normalized spacial score (nSPS) is 12.3. The number of thiazole rings is 1. The molecule has 0 radical (unpaired) electrons. The van der Waals surface area contributed by atoms with Crippen LogP contribution in [0.5, 0.6) is 0 Å². The fourth-order valence-corrected chi connectivity index (χ4v) is 4.49. The van der Waals surface area contributed by atoms with Crippen LogP contribution < -0.4 is 4.80 Å². The van der Waals surface area contributed by atoms with Crippen molar-refractivity contribution in [1.29, 1.82) is 0 Å². The van der Waals surface area contributed by atoms with Crippen LogP contribution in [0.2, 0.25) is 0 Å². The molecule has 0 saturated heterocycles. The second-order valence-electron chi connectivity index (χ2n) is 6.42. The van der Waals surface area contributed by atoms with Crippen molar-refractivity contribution in [3.05, 3.63) is 58.4 Å². The van der Waals surface area contributed by atoms with Crippen LogP contribution in [0.15, 0.2) is 52.4 Å². The third kappa shape index (κ3) is 4.63. The van der Waals surface area contributed by atoms with Gasteiger partial charge in [0, 0.05) is 11.8 Å². The minimum absolute atomic E-state index is 0.0684. The molecule has 29 heavy (non-hydrogen) atoms. The summed E-state index contributed by atoms with van der Waals surface area (Å²) >= 11 is 1.31. The smallest absolute Gasteiger partial charge is 0.325 e. The Labute approximate surface area is 172 Å². The summed E-state index contributed by atoms with van der Waals surface area (Å²) in [6.07, 6.45) is 1.97. The number of aryl methyl sites for hydroxylation is 1. The van der Waals surface area contributed by atoms with Gasteiger partial charge in [-0.25, -0.2) is 8.42 Å². The van der Waals surface area contributed by atoms with Crippen LogP contribution in [0, 0.1) is 0 Å². The molecular weight excluding hydrogens is 412 g/mol. The summed E-state index contributed by atoms with van der Waals surface area (Å²) in [5.74, 6) is -0.971. The first-order valence-electron chi connectivity index (χ1n) is 8.81. The number of aromatic nitrogens is 1. The van der Waals surface area contributed by atoms with Gasteiger partial charge in [-0.1, -0.05) is 24.3 Å². The lowest BCUT2D eigenvalue weighted by molar-refractivity contribution is -0.141. The number of ether oxygens (including phenoxy) is 1. The molecule has 0 N–H and O–H groups in total. The SMILES string of the molecule is CCc1ccc2c(c1)sc(=NC(=O)c1ccc(S(C)(=O)=O)cc1)n2CC(=O)OC. The van der Waals surface area contributed by atoms with E-state index in [1.807, 2.05) is 25.1 Å². The Balaban J connectivity index is 2.08.